The summed E-state index contributed by atoms with van der Waals surface area (Å²) in [5.41, 5.74) is 1.25. The molecule has 0 bridgehead atoms. The zero-order chi connectivity index (χ0) is 19.0. The average Bonchev–Trinajstić information content (AvgIpc) is 2.51. The number of methoxy groups -OCH3 is 1. The fraction of sp³-hybridized carbons (Fsp3) is 0.579. The van der Waals surface area contributed by atoms with Gasteiger partial charge in [-0.3, -0.25) is 4.79 Å². The third-order valence-corrected chi connectivity index (χ3v) is 3.40. The van der Waals surface area contributed by atoms with Crippen LogP contribution in [0.1, 0.15) is 45.7 Å². The molecule has 140 valence electrons. The number of ether oxygens (including phenoxy) is 3. The van der Waals surface area contributed by atoms with Crippen molar-refractivity contribution in [3.63, 3.8) is 0 Å². The first kappa shape index (κ1) is 20.8. The summed E-state index contributed by atoms with van der Waals surface area (Å²) in [6.45, 7) is 9.70. The molecule has 0 saturated heterocycles. The average molecular weight is 351 g/mol. The number of amides is 1. The van der Waals surface area contributed by atoms with Gasteiger partial charge in [-0.25, -0.2) is 4.79 Å². The monoisotopic (exact) mass is 351 g/mol. The number of rotatable bonds is 7. The molecule has 0 aliphatic rings. The first-order chi connectivity index (χ1) is 11.7. The standard InChI is InChI=1S/C19H29NO5/c1-7-24-17(21)13(2)10-14-8-9-16(23-6)15(11-14)12-20-18(22)25-19(3,4)5/h8-9,11,13H,7,10,12H2,1-6H3,(H,20,22). The molecule has 0 radical (unpaired) electrons. The molecule has 0 fully saturated rings. The highest BCUT2D eigenvalue weighted by atomic mass is 16.6. The number of nitrogens with one attached hydrogen (secondary N) is 1. The molecular weight excluding hydrogens is 322 g/mol. The molecule has 1 N–H and O–H groups in total. The van der Waals surface area contributed by atoms with Crippen molar-refractivity contribution in [1.82, 2.24) is 5.32 Å². The van der Waals surface area contributed by atoms with Crippen molar-refractivity contribution in [2.24, 2.45) is 5.92 Å². The Morgan fingerprint density at radius 1 is 1.24 bits per heavy atom. The third-order valence-electron chi connectivity index (χ3n) is 3.40. The molecule has 0 saturated carbocycles. The number of hydrogen-bond donors (Lipinski definition) is 1. The summed E-state index contributed by atoms with van der Waals surface area (Å²) in [6, 6.07) is 5.66. The van der Waals surface area contributed by atoms with Crippen LogP contribution in [0.25, 0.3) is 0 Å². The lowest BCUT2D eigenvalue weighted by Crippen LogP contribution is -2.32. The molecule has 1 unspecified atom stereocenters. The van der Waals surface area contributed by atoms with Crippen LogP contribution in [0.3, 0.4) is 0 Å². The molecule has 25 heavy (non-hydrogen) atoms. The molecule has 6 nitrogen and oxygen atoms in total. The van der Waals surface area contributed by atoms with Gasteiger partial charge in [-0.05, 0) is 45.7 Å². The van der Waals surface area contributed by atoms with Crippen LogP contribution in [0.2, 0.25) is 0 Å². The van der Waals surface area contributed by atoms with Crippen LogP contribution >= 0.6 is 0 Å². The summed E-state index contributed by atoms with van der Waals surface area (Å²) in [5.74, 6) is 0.218. The molecule has 1 atom stereocenters. The van der Waals surface area contributed by atoms with Crippen LogP contribution in [-0.2, 0) is 27.2 Å². The van der Waals surface area contributed by atoms with E-state index in [1.807, 2.05) is 45.9 Å². The van der Waals surface area contributed by atoms with E-state index in [1.165, 1.54) is 0 Å². The van der Waals surface area contributed by atoms with E-state index in [1.54, 1.807) is 14.0 Å². The lowest BCUT2D eigenvalue weighted by atomic mass is 9.99. The van der Waals surface area contributed by atoms with Crippen molar-refractivity contribution in [1.29, 1.82) is 0 Å². The molecular formula is C19H29NO5. The number of hydrogen-bond acceptors (Lipinski definition) is 5. The molecule has 0 aromatic heterocycles. The number of alkyl carbamates (subject to hydrolysis) is 1. The Morgan fingerprint density at radius 3 is 2.48 bits per heavy atom. The number of esters is 1. The van der Waals surface area contributed by atoms with Gasteiger partial charge in [0.05, 0.1) is 19.6 Å². The molecule has 0 heterocycles. The topological polar surface area (TPSA) is 73.9 Å². The second-order valence-corrected chi connectivity index (χ2v) is 6.86. The minimum absolute atomic E-state index is 0.216. The zero-order valence-corrected chi connectivity index (χ0v) is 16.0. The maximum absolute atomic E-state index is 11.8. The van der Waals surface area contributed by atoms with Gasteiger partial charge in [-0.15, -0.1) is 0 Å². The minimum atomic E-state index is -0.551. The Labute approximate surface area is 149 Å². The van der Waals surface area contributed by atoms with Crippen molar-refractivity contribution >= 4 is 12.1 Å². The van der Waals surface area contributed by atoms with Gasteiger partial charge in [0.25, 0.3) is 0 Å². The highest BCUT2D eigenvalue weighted by Gasteiger charge is 2.18. The second-order valence-electron chi connectivity index (χ2n) is 6.86. The first-order valence-electron chi connectivity index (χ1n) is 8.45. The number of carbonyl (C=O) groups is 2. The molecule has 1 aromatic carbocycles. The molecule has 1 aromatic rings. The normalized spacial score (nSPS) is 12.2. The maximum atomic E-state index is 11.8. The van der Waals surface area contributed by atoms with Crippen LogP contribution in [0.15, 0.2) is 18.2 Å². The highest BCUT2D eigenvalue weighted by molar-refractivity contribution is 5.72. The quantitative estimate of drug-likeness (QED) is 0.762. The predicted octanol–water partition coefficient (Wildman–Crippen LogP) is 3.46. The molecule has 6 heteroatoms. The summed E-state index contributed by atoms with van der Waals surface area (Å²) in [7, 11) is 1.58. The van der Waals surface area contributed by atoms with Gasteiger partial charge < -0.3 is 19.5 Å². The van der Waals surface area contributed by atoms with Gasteiger partial charge in [0, 0.05) is 12.1 Å². The summed E-state index contributed by atoms with van der Waals surface area (Å²) >= 11 is 0. The van der Waals surface area contributed by atoms with E-state index in [0.29, 0.717) is 18.8 Å². The van der Waals surface area contributed by atoms with E-state index in [-0.39, 0.29) is 18.4 Å². The lowest BCUT2D eigenvalue weighted by molar-refractivity contribution is -0.147. The Hall–Kier alpha value is -2.24. The van der Waals surface area contributed by atoms with E-state index in [2.05, 4.69) is 5.32 Å². The first-order valence-corrected chi connectivity index (χ1v) is 8.45. The molecule has 1 rings (SSSR count). The van der Waals surface area contributed by atoms with E-state index in [4.69, 9.17) is 14.2 Å². The highest BCUT2D eigenvalue weighted by Crippen LogP contribution is 2.22. The third kappa shape index (κ3) is 7.45. The predicted molar refractivity (Wildman–Crippen MR) is 95.6 cm³/mol. The van der Waals surface area contributed by atoms with Crippen molar-refractivity contribution < 1.29 is 23.8 Å². The lowest BCUT2D eigenvalue weighted by Gasteiger charge is -2.20. The Kier molecular flexibility index (Phi) is 7.74. The van der Waals surface area contributed by atoms with Gasteiger partial charge in [0.2, 0.25) is 0 Å². The maximum Gasteiger partial charge on any atom is 0.407 e. The van der Waals surface area contributed by atoms with Crippen LogP contribution in [0.4, 0.5) is 4.79 Å². The fourth-order valence-electron chi connectivity index (χ4n) is 2.30. The zero-order valence-electron chi connectivity index (χ0n) is 16.0. The van der Waals surface area contributed by atoms with Gasteiger partial charge in [0.1, 0.15) is 11.4 Å². The Balaban J connectivity index is 2.78. The van der Waals surface area contributed by atoms with Crippen molar-refractivity contribution in [2.45, 2.75) is 53.2 Å². The van der Waals surface area contributed by atoms with Gasteiger partial charge in [-0.2, -0.15) is 0 Å². The van der Waals surface area contributed by atoms with E-state index >= 15 is 0 Å². The Morgan fingerprint density at radius 2 is 1.92 bits per heavy atom. The van der Waals surface area contributed by atoms with Gasteiger partial charge >= 0.3 is 12.1 Å². The van der Waals surface area contributed by atoms with Crippen molar-refractivity contribution in [3.8, 4) is 5.75 Å². The van der Waals surface area contributed by atoms with Crippen molar-refractivity contribution in [2.75, 3.05) is 13.7 Å². The number of benzene rings is 1. The largest absolute Gasteiger partial charge is 0.496 e. The van der Waals surface area contributed by atoms with Crippen molar-refractivity contribution in [3.05, 3.63) is 29.3 Å². The van der Waals surface area contributed by atoms with E-state index in [9.17, 15) is 9.59 Å². The number of carbonyl (C=O) groups excluding carboxylic acids is 2. The van der Waals surface area contributed by atoms with Crippen LogP contribution < -0.4 is 10.1 Å². The molecule has 0 aliphatic carbocycles. The van der Waals surface area contributed by atoms with E-state index in [0.717, 1.165) is 11.1 Å². The van der Waals surface area contributed by atoms with Crippen LogP contribution in [0.5, 0.6) is 5.75 Å². The fourth-order valence-corrected chi connectivity index (χ4v) is 2.30. The summed E-state index contributed by atoms with van der Waals surface area (Å²) in [5, 5.41) is 2.72. The summed E-state index contributed by atoms with van der Waals surface area (Å²) < 4.78 is 15.6. The molecule has 1 amide bonds. The SMILES string of the molecule is CCOC(=O)C(C)Cc1ccc(OC)c(CNC(=O)OC(C)(C)C)c1. The smallest absolute Gasteiger partial charge is 0.407 e. The van der Waals surface area contributed by atoms with Gasteiger partial charge in [-0.1, -0.05) is 19.1 Å². The van der Waals surface area contributed by atoms with Gasteiger partial charge in [0.15, 0.2) is 0 Å². The summed E-state index contributed by atoms with van der Waals surface area (Å²) in [6.07, 6.45) is 0.0716. The molecule has 0 spiro atoms. The van der Waals surface area contributed by atoms with Crippen LogP contribution in [-0.4, -0.2) is 31.4 Å². The second kappa shape index (κ2) is 9.30. The molecule has 0 aliphatic heterocycles. The summed E-state index contributed by atoms with van der Waals surface area (Å²) in [4.78, 5) is 23.6. The van der Waals surface area contributed by atoms with E-state index < -0.39 is 11.7 Å². The minimum Gasteiger partial charge on any atom is -0.496 e. The van der Waals surface area contributed by atoms with Crippen LogP contribution in [0, 0.1) is 5.92 Å². The Bertz CT molecular complexity index is 592.